The number of anilines is 1. The van der Waals surface area contributed by atoms with Gasteiger partial charge in [-0.15, -0.1) is 11.3 Å². The second kappa shape index (κ2) is 8.05. The van der Waals surface area contributed by atoms with Gasteiger partial charge in [-0.05, 0) is 49.6 Å². The van der Waals surface area contributed by atoms with Gasteiger partial charge in [0.05, 0.1) is 15.8 Å². The summed E-state index contributed by atoms with van der Waals surface area (Å²) in [7, 11) is -3.56. The molecule has 0 atom stereocenters. The molecule has 2 heterocycles. The fourth-order valence-corrected chi connectivity index (χ4v) is 6.58. The number of piperidine rings is 1. The first-order chi connectivity index (χ1) is 13.8. The zero-order valence-electron chi connectivity index (χ0n) is 15.8. The molecule has 152 valence electrons. The average molecular weight is 451 g/mol. The molecule has 0 saturated carbocycles. The quantitative estimate of drug-likeness (QED) is 0.537. The van der Waals surface area contributed by atoms with E-state index < -0.39 is 20.9 Å². The highest BCUT2D eigenvalue weighted by molar-refractivity contribution is 7.92. The summed E-state index contributed by atoms with van der Waals surface area (Å²) < 4.78 is 39.6. The molecule has 0 N–H and O–H groups in total. The van der Waals surface area contributed by atoms with Crippen LogP contribution in [-0.4, -0.2) is 31.7 Å². The Labute approximate surface area is 178 Å². The van der Waals surface area contributed by atoms with E-state index in [0.717, 1.165) is 22.5 Å². The number of benzene rings is 2. The van der Waals surface area contributed by atoms with E-state index in [-0.39, 0.29) is 4.90 Å². The number of halogens is 2. The van der Waals surface area contributed by atoms with Gasteiger partial charge in [0.25, 0.3) is 0 Å². The average Bonchev–Trinajstić information content (AvgIpc) is 3.20. The van der Waals surface area contributed by atoms with E-state index in [4.69, 9.17) is 16.6 Å². The molecule has 0 bridgehead atoms. The zero-order valence-corrected chi connectivity index (χ0v) is 18.2. The van der Waals surface area contributed by atoms with Crippen molar-refractivity contribution >= 4 is 37.9 Å². The fourth-order valence-electron chi connectivity index (χ4n) is 3.58. The Bertz CT molecular complexity index is 1120. The third-order valence-corrected chi connectivity index (χ3v) is 8.80. The number of hydrogen-bond acceptors (Lipinski definition) is 5. The molecular formula is C21H20ClFN2O2S2. The second-order valence-corrected chi connectivity index (χ2v) is 10.6. The summed E-state index contributed by atoms with van der Waals surface area (Å²) in [6.45, 7) is 2.91. The lowest BCUT2D eigenvalue weighted by Crippen LogP contribution is -2.39. The molecule has 2 aromatic carbocycles. The molecule has 1 aromatic heterocycles. The lowest BCUT2D eigenvalue weighted by molar-refractivity contribution is 0.528. The van der Waals surface area contributed by atoms with Crippen molar-refractivity contribution in [2.75, 3.05) is 18.0 Å². The SMILES string of the molecule is Cc1ccc(F)cc1S(=O)(=O)C1CCN(c2nc(-c3ccc(Cl)cc3)cs2)CC1. The molecule has 1 saturated heterocycles. The Morgan fingerprint density at radius 1 is 1.14 bits per heavy atom. The third kappa shape index (κ3) is 4.17. The smallest absolute Gasteiger partial charge is 0.185 e. The molecule has 1 aliphatic heterocycles. The number of nitrogens with zero attached hydrogens (tertiary/aromatic N) is 2. The first kappa shape index (κ1) is 20.3. The maximum absolute atomic E-state index is 13.6. The molecule has 29 heavy (non-hydrogen) atoms. The van der Waals surface area contributed by atoms with E-state index in [9.17, 15) is 12.8 Å². The van der Waals surface area contributed by atoms with Gasteiger partial charge in [0.1, 0.15) is 5.82 Å². The van der Waals surface area contributed by atoms with Crippen molar-refractivity contribution < 1.29 is 12.8 Å². The summed E-state index contributed by atoms with van der Waals surface area (Å²) in [6.07, 6.45) is 0.988. The van der Waals surface area contributed by atoms with Crippen molar-refractivity contribution in [2.24, 2.45) is 0 Å². The molecule has 4 nitrogen and oxygen atoms in total. The maximum atomic E-state index is 13.6. The predicted octanol–water partition coefficient (Wildman–Crippen LogP) is 5.35. The van der Waals surface area contributed by atoms with Crippen LogP contribution in [0.25, 0.3) is 11.3 Å². The highest BCUT2D eigenvalue weighted by Gasteiger charge is 2.33. The Kier molecular flexibility index (Phi) is 5.64. The molecule has 8 heteroatoms. The summed E-state index contributed by atoms with van der Waals surface area (Å²) in [5, 5.41) is 3.06. The van der Waals surface area contributed by atoms with E-state index in [1.807, 2.05) is 29.6 Å². The summed E-state index contributed by atoms with van der Waals surface area (Å²) in [5.74, 6) is -0.524. The van der Waals surface area contributed by atoms with Crippen LogP contribution in [0.3, 0.4) is 0 Å². The Morgan fingerprint density at radius 2 is 1.83 bits per heavy atom. The van der Waals surface area contributed by atoms with Crippen molar-refractivity contribution in [1.82, 2.24) is 4.98 Å². The topological polar surface area (TPSA) is 50.3 Å². The second-order valence-electron chi connectivity index (χ2n) is 7.16. The van der Waals surface area contributed by atoms with Crippen LogP contribution in [-0.2, 0) is 9.84 Å². The van der Waals surface area contributed by atoms with Crippen LogP contribution >= 0.6 is 22.9 Å². The van der Waals surface area contributed by atoms with E-state index in [1.165, 1.54) is 12.1 Å². The summed E-state index contributed by atoms with van der Waals surface area (Å²) >= 11 is 7.49. The first-order valence-corrected chi connectivity index (χ1v) is 12.1. The van der Waals surface area contributed by atoms with Crippen LogP contribution in [0.5, 0.6) is 0 Å². The van der Waals surface area contributed by atoms with Crippen LogP contribution in [0.4, 0.5) is 9.52 Å². The van der Waals surface area contributed by atoms with Gasteiger partial charge in [-0.1, -0.05) is 29.8 Å². The molecule has 4 rings (SSSR count). The molecule has 0 spiro atoms. The maximum Gasteiger partial charge on any atom is 0.185 e. The van der Waals surface area contributed by atoms with Crippen molar-refractivity contribution in [2.45, 2.75) is 29.9 Å². The highest BCUT2D eigenvalue weighted by atomic mass is 35.5. The Hall–Kier alpha value is -1.96. The minimum Gasteiger partial charge on any atom is -0.348 e. The van der Waals surface area contributed by atoms with E-state index in [0.29, 0.717) is 36.5 Å². The van der Waals surface area contributed by atoms with Crippen LogP contribution in [0.2, 0.25) is 5.02 Å². The number of sulfone groups is 1. The minimum atomic E-state index is -3.56. The molecule has 0 aliphatic carbocycles. The molecule has 0 unspecified atom stereocenters. The summed E-state index contributed by atoms with van der Waals surface area (Å²) in [5.41, 5.74) is 2.46. The molecular weight excluding hydrogens is 431 g/mol. The van der Waals surface area contributed by atoms with Crippen molar-refractivity contribution in [3.63, 3.8) is 0 Å². The van der Waals surface area contributed by atoms with Crippen LogP contribution in [0.1, 0.15) is 18.4 Å². The summed E-state index contributed by atoms with van der Waals surface area (Å²) in [4.78, 5) is 6.93. The monoisotopic (exact) mass is 450 g/mol. The molecule has 1 aliphatic rings. The predicted molar refractivity (Wildman–Crippen MR) is 116 cm³/mol. The van der Waals surface area contributed by atoms with E-state index >= 15 is 0 Å². The van der Waals surface area contributed by atoms with Gasteiger partial charge in [-0.3, -0.25) is 0 Å². The fraction of sp³-hybridized carbons (Fsp3) is 0.286. The van der Waals surface area contributed by atoms with Crippen LogP contribution < -0.4 is 4.90 Å². The first-order valence-electron chi connectivity index (χ1n) is 9.31. The molecule has 0 amide bonds. The molecule has 0 radical (unpaired) electrons. The van der Waals surface area contributed by atoms with Gasteiger partial charge in [-0.2, -0.15) is 0 Å². The molecule has 3 aromatic rings. The number of hydrogen-bond donors (Lipinski definition) is 0. The largest absolute Gasteiger partial charge is 0.348 e. The minimum absolute atomic E-state index is 0.107. The lowest BCUT2D eigenvalue weighted by atomic mass is 10.1. The van der Waals surface area contributed by atoms with Gasteiger partial charge in [-0.25, -0.2) is 17.8 Å². The Morgan fingerprint density at radius 3 is 2.52 bits per heavy atom. The third-order valence-electron chi connectivity index (χ3n) is 5.24. The van der Waals surface area contributed by atoms with E-state index in [1.54, 1.807) is 18.3 Å². The number of aryl methyl sites for hydroxylation is 1. The highest BCUT2D eigenvalue weighted by Crippen LogP contribution is 2.32. The number of thiazole rings is 1. The van der Waals surface area contributed by atoms with Gasteiger partial charge in [0, 0.05) is 29.1 Å². The normalized spacial score (nSPS) is 15.6. The van der Waals surface area contributed by atoms with Crippen LogP contribution in [0, 0.1) is 12.7 Å². The molecule has 1 fully saturated rings. The lowest BCUT2D eigenvalue weighted by Gasteiger charge is -2.31. The zero-order chi connectivity index (χ0) is 20.6. The van der Waals surface area contributed by atoms with Crippen molar-refractivity contribution in [1.29, 1.82) is 0 Å². The number of rotatable bonds is 4. The number of aromatic nitrogens is 1. The Balaban J connectivity index is 1.47. The van der Waals surface area contributed by atoms with Gasteiger partial charge >= 0.3 is 0 Å². The van der Waals surface area contributed by atoms with Gasteiger partial charge in [0.2, 0.25) is 0 Å². The van der Waals surface area contributed by atoms with E-state index in [2.05, 4.69) is 4.90 Å². The van der Waals surface area contributed by atoms with Gasteiger partial charge < -0.3 is 4.90 Å². The standard InChI is InChI=1S/C21H20ClFN2O2S2/c1-14-2-7-17(23)12-20(14)29(26,27)18-8-10-25(11-9-18)21-24-19(13-28-21)15-3-5-16(22)6-4-15/h2-7,12-13,18H,8-11H2,1H3. The van der Waals surface area contributed by atoms with Crippen molar-refractivity contribution in [3.05, 3.63) is 64.2 Å². The van der Waals surface area contributed by atoms with Crippen molar-refractivity contribution in [3.8, 4) is 11.3 Å². The van der Waals surface area contributed by atoms with Crippen LogP contribution in [0.15, 0.2) is 52.7 Å². The van der Waals surface area contributed by atoms with Gasteiger partial charge in [0.15, 0.2) is 15.0 Å². The summed E-state index contributed by atoms with van der Waals surface area (Å²) in [6, 6.07) is 11.5.